The second kappa shape index (κ2) is 10.0. The number of phenols is 2. The third-order valence-corrected chi connectivity index (χ3v) is 5.69. The average Bonchev–Trinajstić information content (AvgIpc) is 3.25. The Hall–Kier alpha value is -4.11. The fourth-order valence-corrected chi connectivity index (χ4v) is 3.84. The number of aromatic amines is 1. The van der Waals surface area contributed by atoms with Crippen LogP contribution in [-0.2, 0) is 4.79 Å². The molecule has 33 heavy (non-hydrogen) atoms. The van der Waals surface area contributed by atoms with E-state index in [0.717, 1.165) is 22.6 Å². The lowest BCUT2D eigenvalue weighted by atomic mass is 10.2. The van der Waals surface area contributed by atoms with Crippen molar-refractivity contribution in [3.63, 3.8) is 0 Å². The first-order valence-electron chi connectivity index (χ1n) is 10.1. The molecule has 4 N–H and O–H groups in total. The van der Waals surface area contributed by atoms with E-state index in [0.29, 0.717) is 10.7 Å². The van der Waals surface area contributed by atoms with E-state index in [9.17, 15) is 15.0 Å². The highest BCUT2D eigenvalue weighted by molar-refractivity contribution is 7.99. The van der Waals surface area contributed by atoms with Gasteiger partial charge in [0.05, 0.1) is 22.6 Å². The monoisotopic (exact) mass is 460 g/mol. The van der Waals surface area contributed by atoms with Gasteiger partial charge in [-0.2, -0.15) is 9.67 Å². The number of H-pyrrole nitrogens is 1. The van der Waals surface area contributed by atoms with E-state index in [-0.39, 0.29) is 23.2 Å². The molecule has 0 aliphatic rings. The minimum atomic E-state index is -0.307. The largest absolute Gasteiger partial charge is 0.504 e. The number of nitrogens with one attached hydrogen (secondary N) is 2. The Bertz CT molecular complexity index is 1290. The maximum absolute atomic E-state index is 12.3. The molecule has 166 valence electrons. The third-order valence-electron chi connectivity index (χ3n) is 4.75. The predicted octanol–water partition coefficient (Wildman–Crippen LogP) is 3.32. The molecule has 0 fully saturated rings. The summed E-state index contributed by atoms with van der Waals surface area (Å²) in [7, 11) is 0. The second-order valence-electron chi connectivity index (χ2n) is 7.22. The highest BCUT2D eigenvalue weighted by Gasteiger charge is 2.24. The van der Waals surface area contributed by atoms with E-state index in [1.807, 2.05) is 66.1 Å². The summed E-state index contributed by atoms with van der Waals surface area (Å²) in [6, 6.07) is 22.2. The number of phenolic OH excluding ortho intramolecular Hbond substituents is 2. The fourth-order valence-electron chi connectivity index (χ4n) is 3.08. The van der Waals surface area contributed by atoms with Crippen molar-refractivity contribution in [2.45, 2.75) is 12.1 Å². The Labute approximate surface area is 194 Å². The van der Waals surface area contributed by atoms with Crippen LogP contribution in [0.4, 0.5) is 0 Å². The van der Waals surface area contributed by atoms with Crippen LogP contribution >= 0.6 is 11.8 Å². The van der Waals surface area contributed by atoms with Crippen molar-refractivity contribution >= 4 is 23.9 Å². The van der Waals surface area contributed by atoms with Gasteiger partial charge in [0.25, 0.3) is 11.7 Å². The summed E-state index contributed by atoms with van der Waals surface area (Å²) in [5.74, 6) is 0.132. The first-order chi connectivity index (χ1) is 16.0. The highest BCUT2D eigenvalue weighted by atomic mass is 32.2. The zero-order valence-electron chi connectivity index (χ0n) is 17.8. The molecule has 0 radical (unpaired) electrons. The summed E-state index contributed by atoms with van der Waals surface area (Å²) < 4.78 is 1.98. The summed E-state index contributed by atoms with van der Waals surface area (Å²) >= 11 is 1.28. The lowest BCUT2D eigenvalue weighted by Crippen LogP contribution is -2.34. The van der Waals surface area contributed by atoms with Crippen molar-refractivity contribution in [2.75, 3.05) is 5.75 Å². The quantitative estimate of drug-likeness (QED) is 0.111. The Balaban J connectivity index is 1.49. The lowest BCUT2D eigenvalue weighted by Gasteiger charge is -2.05. The molecule has 1 amide bonds. The van der Waals surface area contributed by atoms with Crippen molar-refractivity contribution in [2.24, 2.45) is 5.10 Å². The molecule has 9 heteroatoms. The number of carbonyl (C=O) groups excluding carboxylic acids is 1. The number of hydrogen-bond acceptors (Lipinski definition) is 6. The Kier molecular flexibility index (Phi) is 6.70. The Morgan fingerprint density at radius 3 is 2.58 bits per heavy atom. The molecule has 1 heterocycles. The molecular weight excluding hydrogens is 438 g/mol. The molecule has 8 nitrogen and oxygen atoms in total. The molecule has 4 rings (SSSR count). The minimum absolute atomic E-state index is 0.100. The molecule has 0 atom stereocenters. The summed E-state index contributed by atoms with van der Waals surface area (Å²) in [5, 5.41) is 30.9. The number of aromatic hydroxyl groups is 2. The third kappa shape index (κ3) is 5.39. The molecule has 0 aliphatic heterocycles. The zero-order chi connectivity index (χ0) is 23.2. The van der Waals surface area contributed by atoms with Gasteiger partial charge in [-0.3, -0.25) is 4.79 Å². The zero-order valence-corrected chi connectivity index (χ0v) is 18.6. The molecule has 0 bridgehead atoms. The number of amides is 1. The van der Waals surface area contributed by atoms with E-state index in [1.54, 1.807) is 6.07 Å². The number of carbonyl (C=O) groups is 1. The Morgan fingerprint density at radius 2 is 1.85 bits per heavy atom. The van der Waals surface area contributed by atoms with Crippen molar-refractivity contribution in [3.8, 4) is 28.6 Å². The van der Waals surface area contributed by atoms with Gasteiger partial charge in [0, 0.05) is 0 Å². The van der Waals surface area contributed by atoms with Crippen LogP contribution in [0, 0.1) is 6.92 Å². The number of hydrazone groups is 1. The van der Waals surface area contributed by atoms with E-state index >= 15 is 0 Å². The summed E-state index contributed by atoms with van der Waals surface area (Å²) in [5.41, 5.74) is 6.05. The lowest BCUT2D eigenvalue weighted by molar-refractivity contribution is -0.625. The van der Waals surface area contributed by atoms with Crippen LogP contribution in [0.25, 0.3) is 17.1 Å². The van der Waals surface area contributed by atoms with Gasteiger partial charge >= 0.3 is 5.16 Å². The van der Waals surface area contributed by atoms with Crippen LogP contribution in [0.1, 0.15) is 11.1 Å². The van der Waals surface area contributed by atoms with Gasteiger partial charge in [-0.15, -0.1) is 5.10 Å². The molecule has 3 aromatic carbocycles. The Morgan fingerprint density at radius 1 is 1.09 bits per heavy atom. The number of aryl methyl sites for hydroxylation is 1. The molecule has 0 saturated carbocycles. The molecule has 0 saturated heterocycles. The van der Waals surface area contributed by atoms with Crippen LogP contribution in [0.3, 0.4) is 0 Å². The normalized spacial score (nSPS) is 11.1. The minimum Gasteiger partial charge on any atom is -0.504 e. The summed E-state index contributed by atoms with van der Waals surface area (Å²) in [4.78, 5) is 12.3. The van der Waals surface area contributed by atoms with Crippen molar-refractivity contribution < 1.29 is 19.6 Å². The van der Waals surface area contributed by atoms with E-state index in [1.165, 1.54) is 30.1 Å². The number of aromatic nitrogens is 3. The molecular formula is C24H22N5O3S+. The smallest absolute Gasteiger partial charge is 0.342 e. The van der Waals surface area contributed by atoms with Crippen LogP contribution in [0.15, 0.2) is 83.1 Å². The van der Waals surface area contributed by atoms with Crippen LogP contribution in [-0.4, -0.2) is 38.3 Å². The SMILES string of the molecule is Cc1ccc(-[n+]2c(SCC(=O)N/N=C/c3ccc(O)c(O)c3)n[nH]c2-c2ccccc2)cc1. The van der Waals surface area contributed by atoms with Gasteiger partial charge < -0.3 is 10.2 Å². The molecule has 0 spiro atoms. The van der Waals surface area contributed by atoms with Crippen LogP contribution in [0.2, 0.25) is 0 Å². The number of benzene rings is 3. The van der Waals surface area contributed by atoms with Gasteiger partial charge in [0.2, 0.25) is 0 Å². The molecule has 0 unspecified atom stereocenters. The van der Waals surface area contributed by atoms with Crippen LogP contribution < -0.4 is 9.99 Å². The van der Waals surface area contributed by atoms with Gasteiger partial charge in [0.1, 0.15) is 5.69 Å². The van der Waals surface area contributed by atoms with Crippen molar-refractivity contribution in [1.82, 2.24) is 15.6 Å². The van der Waals surface area contributed by atoms with E-state index in [2.05, 4.69) is 20.7 Å². The molecule has 4 aromatic rings. The first-order valence-corrected chi connectivity index (χ1v) is 11.1. The topological polar surface area (TPSA) is 114 Å². The van der Waals surface area contributed by atoms with Crippen molar-refractivity contribution in [1.29, 1.82) is 0 Å². The average molecular weight is 461 g/mol. The number of rotatable bonds is 7. The number of thioether (sulfide) groups is 1. The standard InChI is InChI=1S/C24H21N5O3S/c1-16-7-10-19(11-8-16)29-23(18-5-3-2-4-6-18)27-28-24(29)33-15-22(32)26-25-14-17-9-12-20(30)21(31)13-17/h2-14H,15H2,1H3,(H3,25,26,30,31,32)/p+1. The van der Waals surface area contributed by atoms with Gasteiger partial charge in [-0.1, -0.05) is 35.9 Å². The predicted molar refractivity (Wildman–Crippen MR) is 127 cm³/mol. The van der Waals surface area contributed by atoms with Crippen molar-refractivity contribution in [3.05, 3.63) is 83.9 Å². The molecule has 1 aromatic heterocycles. The van der Waals surface area contributed by atoms with Gasteiger partial charge in [0.15, 0.2) is 11.5 Å². The fraction of sp³-hybridized carbons (Fsp3) is 0.0833. The maximum atomic E-state index is 12.3. The van der Waals surface area contributed by atoms with E-state index < -0.39 is 0 Å². The summed E-state index contributed by atoms with van der Waals surface area (Å²) in [6.07, 6.45) is 1.39. The van der Waals surface area contributed by atoms with Crippen LogP contribution in [0.5, 0.6) is 11.5 Å². The number of hydrogen-bond donors (Lipinski definition) is 4. The van der Waals surface area contributed by atoms with Gasteiger partial charge in [-0.05, 0) is 66.7 Å². The maximum Gasteiger partial charge on any atom is 0.342 e. The van der Waals surface area contributed by atoms with Gasteiger partial charge in [-0.25, -0.2) is 5.43 Å². The highest BCUT2D eigenvalue weighted by Crippen LogP contribution is 2.24. The van der Waals surface area contributed by atoms with E-state index in [4.69, 9.17) is 0 Å². The molecule has 0 aliphatic carbocycles. The summed E-state index contributed by atoms with van der Waals surface area (Å²) in [6.45, 7) is 2.03. The number of nitrogens with zero attached hydrogens (tertiary/aromatic N) is 3. The first kappa shape index (κ1) is 22.1. The second-order valence-corrected chi connectivity index (χ2v) is 8.16.